The van der Waals surface area contributed by atoms with E-state index < -0.39 is 0 Å². The highest BCUT2D eigenvalue weighted by molar-refractivity contribution is 6.42. The summed E-state index contributed by atoms with van der Waals surface area (Å²) in [6.45, 7) is 1.88. The molecule has 78 valence electrons. The minimum Gasteiger partial charge on any atom is -0.494 e. The van der Waals surface area contributed by atoms with Crippen molar-refractivity contribution in [1.82, 2.24) is 4.98 Å². The number of pyridine rings is 1. The number of methoxy groups -OCH3 is 1. The number of aromatic nitrogens is 1. The lowest BCUT2D eigenvalue weighted by atomic mass is 10.2. The molecule has 1 heterocycles. The van der Waals surface area contributed by atoms with Crippen LogP contribution in [0.1, 0.15) is 5.69 Å². The van der Waals surface area contributed by atoms with E-state index in [1.165, 1.54) is 0 Å². The first-order valence-corrected chi connectivity index (χ1v) is 5.18. The van der Waals surface area contributed by atoms with Gasteiger partial charge in [-0.1, -0.05) is 23.2 Å². The Labute approximate surface area is 97.8 Å². The number of benzene rings is 1. The Hall–Kier alpha value is -0.990. The second kappa shape index (κ2) is 3.87. The lowest BCUT2D eigenvalue weighted by Crippen LogP contribution is -1.91. The smallest absolute Gasteiger partial charge is 0.145 e. The van der Waals surface area contributed by atoms with Crippen molar-refractivity contribution >= 4 is 34.1 Å². The lowest BCUT2D eigenvalue weighted by Gasteiger charge is -2.08. The van der Waals surface area contributed by atoms with E-state index >= 15 is 0 Å². The third-order valence-electron chi connectivity index (χ3n) is 2.17. The van der Waals surface area contributed by atoms with Crippen molar-refractivity contribution in [1.29, 1.82) is 0 Å². The molecule has 2 aromatic rings. The first kappa shape index (κ1) is 10.5. The molecule has 0 amide bonds. The van der Waals surface area contributed by atoms with Gasteiger partial charge in [0.25, 0.3) is 0 Å². The third kappa shape index (κ3) is 1.75. The SMILES string of the molecule is COc1ccc(Cl)c2c(Cl)cc(C)nc12. The lowest BCUT2D eigenvalue weighted by molar-refractivity contribution is 0.419. The number of ether oxygens (including phenoxy) is 1. The highest BCUT2D eigenvalue weighted by atomic mass is 35.5. The maximum absolute atomic E-state index is 6.12. The predicted octanol–water partition coefficient (Wildman–Crippen LogP) is 3.86. The fraction of sp³-hybridized carbons (Fsp3) is 0.182. The van der Waals surface area contributed by atoms with E-state index in [1.54, 1.807) is 25.3 Å². The van der Waals surface area contributed by atoms with Crippen LogP contribution < -0.4 is 4.74 Å². The van der Waals surface area contributed by atoms with Crippen LogP contribution in [0.3, 0.4) is 0 Å². The molecular weight excluding hydrogens is 233 g/mol. The van der Waals surface area contributed by atoms with Crippen LogP contribution >= 0.6 is 23.2 Å². The minimum absolute atomic E-state index is 0.586. The molecule has 1 aromatic carbocycles. The maximum atomic E-state index is 6.12. The van der Waals surface area contributed by atoms with Crippen LogP contribution in [0.5, 0.6) is 5.75 Å². The second-order valence-corrected chi connectivity index (χ2v) is 4.03. The fourth-order valence-corrected chi connectivity index (χ4v) is 2.17. The van der Waals surface area contributed by atoms with E-state index in [0.717, 1.165) is 11.1 Å². The highest BCUT2D eigenvalue weighted by Crippen LogP contribution is 2.35. The van der Waals surface area contributed by atoms with E-state index in [-0.39, 0.29) is 0 Å². The molecule has 0 fully saturated rings. The molecule has 0 saturated heterocycles. The summed E-state index contributed by atoms with van der Waals surface area (Å²) in [4.78, 5) is 4.37. The fourth-order valence-electron chi connectivity index (χ4n) is 1.51. The van der Waals surface area contributed by atoms with Gasteiger partial charge < -0.3 is 4.74 Å². The summed E-state index contributed by atoms with van der Waals surface area (Å²) >= 11 is 12.2. The highest BCUT2D eigenvalue weighted by Gasteiger charge is 2.10. The number of halogens is 2. The number of hydrogen-bond donors (Lipinski definition) is 0. The molecule has 0 aliphatic rings. The van der Waals surface area contributed by atoms with Crippen LogP contribution in [0.25, 0.3) is 10.9 Å². The molecule has 0 bridgehead atoms. The third-order valence-corrected chi connectivity index (χ3v) is 2.79. The molecule has 0 radical (unpaired) electrons. The van der Waals surface area contributed by atoms with E-state index in [0.29, 0.717) is 21.3 Å². The molecule has 0 spiro atoms. The normalized spacial score (nSPS) is 10.7. The largest absolute Gasteiger partial charge is 0.494 e. The monoisotopic (exact) mass is 241 g/mol. The summed E-state index contributed by atoms with van der Waals surface area (Å²) in [6.07, 6.45) is 0. The molecular formula is C11H9Cl2NO. The molecule has 15 heavy (non-hydrogen) atoms. The zero-order valence-electron chi connectivity index (χ0n) is 8.34. The van der Waals surface area contributed by atoms with Crippen molar-refractivity contribution < 1.29 is 4.74 Å². The van der Waals surface area contributed by atoms with Gasteiger partial charge in [-0.15, -0.1) is 0 Å². The predicted molar refractivity (Wildman–Crippen MR) is 63.1 cm³/mol. The Morgan fingerprint density at radius 1 is 1.20 bits per heavy atom. The van der Waals surface area contributed by atoms with E-state index in [1.807, 2.05) is 6.92 Å². The zero-order valence-corrected chi connectivity index (χ0v) is 9.86. The molecule has 0 unspecified atom stereocenters. The number of aryl methyl sites for hydroxylation is 1. The number of rotatable bonds is 1. The molecule has 0 N–H and O–H groups in total. The van der Waals surface area contributed by atoms with Crippen LogP contribution in [0.2, 0.25) is 10.0 Å². The molecule has 0 atom stereocenters. The van der Waals surface area contributed by atoms with Crippen molar-refractivity contribution in [3.8, 4) is 5.75 Å². The van der Waals surface area contributed by atoms with Gasteiger partial charge in [-0.2, -0.15) is 0 Å². The van der Waals surface area contributed by atoms with Gasteiger partial charge in [-0.25, -0.2) is 4.98 Å². The van der Waals surface area contributed by atoms with Gasteiger partial charge in [0.15, 0.2) is 0 Å². The van der Waals surface area contributed by atoms with Crippen molar-refractivity contribution in [3.63, 3.8) is 0 Å². The average Bonchev–Trinajstić information content (AvgIpc) is 2.17. The number of hydrogen-bond acceptors (Lipinski definition) is 2. The average molecular weight is 242 g/mol. The van der Waals surface area contributed by atoms with Crippen molar-refractivity contribution in [2.75, 3.05) is 7.11 Å². The van der Waals surface area contributed by atoms with Crippen LogP contribution in [-0.4, -0.2) is 12.1 Å². The molecule has 0 aliphatic carbocycles. The van der Waals surface area contributed by atoms with Gasteiger partial charge in [-0.3, -0.25) is 0 Å². The quantitative estimate of drug-likeness (QED) is 0.757. The molecule has 4 heteroatoms. The second-order valence-electron chi connectivity index (χ2n) is 3.22. The van der Waals surface area contributed by atoms with Crippen molar-refractivity contribution in [3.05, 3.63) is 33.9 Å². The Balaban J connectivity index is 2.93. The molecule has 2 nitrogen and oxygen atoms in total. The topological polar surface area (TPSA) is 22.1 Å². The van der Waals surface area contributed by atoms with E-state index in [9.17, 15) is 0 Å². The van der Waals surface area contributed by atoms with Gasteiger partial charge in [-0.05, 0) is 25.1 Å². The summed E-state index contributed by atoms with van der Waals surface area (Å²) in [7, 11) is 1.60. The molecule has 1 aromatic heterocycles. The van der Waals surface area contributed by atoms with Gasteiger partial charge in [0.2, 0.25) is 0 Å². The minimum atomic E-state index is 0.586. The van der Waals surface area contributed by atoms with Crippen LogP contribution in [0.4, 0.5) is 0 Å². The van der Waals surface area contributed by atoms with Crippen LogP contribution in [0.15, 0.2) is 18.2 Å². The van der Waals surface area contributed by atoms with E-state index in [4.69, 9.17) is 27.9 Å². The summed E-state index contributed by atoms with van der Waals surface area (Å²) < 4.78 is 5.21. The Morgan fingerprint density at radius 3 is 2.60 bits per heavy atom. The maximum Gasteiger partial charge on any atom is 0.145 e. The molecule has 0 saturated carbocycles. The summed E-state index contributed by atoms with van der Waals surface area (Å²) in [5, 5.41) is 1.92. The van der Waals surface area contributed by atoms with Crippen LogP contribution in [-0.2, 0) is 0 Å². The van der Waals surface area contributed by atoms with Crippen molar-refractivity contribution in [2.24, 2.45) is 0 Å². The number of nitrogens with zero attached hydrogens (tertiary/aromatic N) is 1. The molecule has 2 rings (SSSR count). The van der Waals surface area contributed by atoms with Gasteiger partial charge in [0.05, 0.1) is 17.2 Å². The molecule has 0 aliphatic heterocycles. The first-order chi connectivity index (χ1) is 7.13. The van der Waals surface area contributed by atoms with E-state index in [2.05, 4.69) is 4.98 Å². The first-order valence-electron chi connectivity index (χ1n) is 4.43. The summed E-state index contributed by atoms with van der Waals surface area (Å²) in [5.74, 6) is 0.681. The summed E-state index contributed by atoms with van der Waals surface area (Å²) in [6, 6.07) is 5.33. The Morgan fingerprint density at radius 2 is 1.93 bits per heavy atom. The Bertz CT molecular complexity index is 525. The van der Waals surface area contributed by atoms with Gasteiger partial charge >= 0.3 is 0 Å². The number of fused-ring (bicyclic) bond motifs is 1. The Kier molecular flexibility index (Phi) is 2.72. The van der Waals surface area contributed by atoms with Crippen LogP contribution in [0, 0.1) is 6.92 Å². The van der Waals surface area contributed by atoms with Crippen molar-refractivity contribution in [2.45, 2.75) is 6.92 Å². The summed E-state index contributed by atoms with van der Waals surface area (Å²) in [5.41, 5.74) is 1.54. The van der Waals surface area contributed by atoms with Gasteiger partial charge in [0.1, 0.15) is 11.3 Å². The van der Waals surface area contributed by atoms with Gasteiger partial charge in [0, 0.05) is 11.1 Å². The zero-order chi connectivity index (χ0) is 11.0. The standard InChI is InChI=1S/C11H9Cl2NO/c1-6-5-8(13)10-7(12)3-4-9(15-2)11(10)14-6/h3-5H,1-2H3.